The van der Waals surface area contributed by atoms with Crippen LogP contribution in [0.3, 0.4) is 0 Å². The summed E-state index contributed by atoms with van der Waals surface area (Å²) in [5, 5.41) is 4.35. The minimum atomic E-state index is -0.510. The van der Waals surface area contributed by atoms with Gasteiger partial charge in [0.2, 0.25) is 0 Å². The molecule has 0 fully saturated rings. The third kappa shape index (κ3) is 4.74. The van der Waals surface area contributed by atoms with Gasteiger partial charge in [0.1, 0.15) is 22.3 Å². The zero-order valence-electron chi connectivity index (χ0n) is 38.7. The molecule has 13 aromatic rings. The second kappa shape index (κ2) is 13.9. The smallest absolute Gasteiger partial charge is 0.137 e. The highest BCUT2D eigenvalue weighted by molar-refractivity contribution is 7.99. The van der Waals surface area contributed by atoms with Gasteiger partial charge in [0.05, 0.1) is 21.9 Å². The molecule has 1 aliphatic heterocycles. The molecule has 11 aromatic carbocycles. The number of para-hydroxylation sites is 1. The van der Waals surface area contributed by atoms with Gasteiger partial charge in [-0.1, -0.05) is 176 Å². The first-order chi connectivity index (χ1) is 35.7. The van der Waals surface area contributed by atoms with Gasteiger partial charge in [-0.25, -0.2) is 0 Å². The first-order valence-electron chi connectivity index (χ1n) is 24.8. The van der Waals surface area contributed by atoms with E-state index >= 15 is 0 Å². The van der Waals surface area contributed by atoms with Crippen molar-refractivity contribution < 1.29 is 8.83 Å². The number of nitrogens with zero attached hydrogens (tertiary/aromatic N) is 1. The van der Waals surface area contributed by atoms with Crippen LogP contribution in [0.2, 0.25) is 0 Å². The molecular formula is C68H39NO2S. The van der Waals surface area contributed by atoms with E-state index in [1.807, 2.05) is 17.8 Å². The fourth-order valence-electron chi connectivity index (χ4n) is 13.8. The summed E-state index contributed by atoms with van der Waals surface area (Å²) < 4.78 is 13.8. The van der Waals surface area contributed by atoms with E-state index in [-0.39, 0.29) is 0 Å². The molecule has 0 saturated carbocycles. The Bertz CT molecular complexity index is 4420. The first kappa shape index (κ1) is 39.0. The van der Waals surface area contributed by atoms with Crippen LogP contribution in [-0.4, -0.2) is 0 Å². The Labute approximate surface area is 419 Å². The van der Waals surface area contributed by atoms with Gasteiger partial charge >= 0.3 is 0 Å². The van der Waals surface area contributed by atoms with Crippen molar-refractivity contribution in [1.82, 2.24) is 0 Å². The normalized spacial score (nSPS) is 14.6. The number of furan rings is 2. The molecule has 17 rings (SSSR count). The van der Waals surface area contributed by atoms with Gasteiger partial charge in [0, 0.05) is 43.4 Å². The average molecular weight is 934 g/mol. The minimum absolute atomic E-state index is 0.503. The van der Waals surface area contributed by atoms with Crippen LogP contribution < -0.4 is 4.90 Å². The summed E-state index contributed by atoms with van der Waals surface area (Å²) in [6.45, 7) is 0. The van der Waals surface area contributed by atoms with Crippen LogP contribution in [0.15, 0.2) is 255 Å². The lowest BCUT2D eigenvalue weighted by molar-refractivity contribution is 0.664. The zero-order chi connectivity index (χ0) is 46.9. The Morgan fingerprint density at radius 1 is 0.292 bits per heavy atom. The lowest BCUT2D eigenvalue weighted by Gasteiger charge is -2.39. The van der Waals surface area contributed by atoms with Crippen molar-refractivity contribution in [1.29, 1.82) is 0 Å². The molecule has 0 bridgehead atoms. The third-order valence-electron chi connectivity index (χ3n) is 16.5. The number of fused-ring (bicyclic) bond motifs is 25. The van der Waals surface area contributed by atoms with Crippen LogP contribution in [0.5, 0.6) is 0 Å². The predicted octanol–water partition coefficient (Wildman–Crippen LogP) is 18.1. The van der Waals surface area contributed by atoms with Gasteiger partial charge in [-0.05, 0) is 145 Å². The SMILES string of the molecule is c1ccc2c(c1)Sc1ccccc1C21c2ccccc2-c2cc3c(cc21)oc1cccc(N(c2ccc4c(c2)C2(c5ccccc5-c5ccccc52)c2ccccc2-4)c2ccc4c(c2)oc2ccccc24)c13. The monoisotopic (exact) mass is 933 g/mol. The molecule has 0 atom stereocenters. The van der Waals surface area contributed by atoms with Gasteiger partial charge in [0.25, 0.3) is 0 Å². The number of hydrogen-bond acceptors (Lipinski definition) is 4. The number of benzene rings is 11. The standard InChI is InChI=1S/C68H39NO2S/c1-6-21-51-42(16-1)43-17-2-7-22-52(43)67(51)53-23-8-3-18-44(53)46-34-32-40(36-57(46)67)69(41-33-35-48-47-20-5-12-28-60(47)70-62(48)37-41)59-27-15-29-61-66(59)50-38-49-45-19-4-9-24-54(45)68(58(49)39-63(50)71-61)55-25-10-13-30-64(55)72-65-31-14-11-26-56(65)68/h1-39H. The minimum Gasteiger partial charge on any atom is -0.456 e. The second-order valence-corrected chi connectivity index (χ2v) is 20.9. The predicted molar refractivity (Wildman–Crippen MR) is 293 cm³/mol. The molecule has 4 heteroatoms. The largest absolute Gasteiger partial charge is 0.456 e. The summed E-state index contributed by atoms with van der Waals surface area (Å²) in [5.41, 5.74) is 23.5. The van der Waals surface area contributed by atoms with E-state index in [0.29, 0.717) is 0 Å². The summed E-state index contributed by atoms with van der Waals surface area (Å²) in [7, 11) is 0. The molecule has 0 N–H and O–H groups in total. The van der Waals surface area contributed by atoms with Crippen LogP contribution in [0, 0.1) is 0 Å². The number of rotatable bonds is 3. The van der Waals surface area contributed by atoms with Crippen molar-refractivity contribution >= 4 is 72.7 Å². The third-order valence-corrected chi connectivity index (χ3v) is 17.7. The first-order valence-corrected chi connectivity index (χ1v) is 25.6. The topological polar surface area (TPSA) is 29.5 Å². The Balaban J connectivity index is 0.949. The van der Waals surface area contributed by atoms with Gasteiger partial charge < -0.3 is 13.7 Å². The highest BCUT2D eigenvalue weighted by atomic mass is 32.2. The Morgan fingerprint density at radius 2 is 0.750 bits per heavy atom. The molecule has 72 heavy (non-hydrogen) atoms. The Kier molecular flexibility index (Phi) is 7.54. The maximum Gasteiger partial charge on any atom is 0.137 e. The number of hydrogen-bond donors (Lipinski definition) is 0. The van der Waals surface area contributed by atoms with Gasteiger partial charge in [-0.2, -0.15) is 0 Å². The molecule has 2 spiro atoms. The van der Waals surface area contributed by atoms with E-state index in [1.165, 1.54) is 87.7 Å². The van der Waals surface area contributed by atoms with Crippen LogP contribution >= 0.6 is 11.8 Å². The summed E-state index contributed by atoms with van der Waals surface area (Å²) >= 11 is 1.87. The fraction of sp³-hybridized carbons (Fsp3) is 0.0294. The van der Waals surface area contributed by atoms with Crippen molar-refractivity contribution in [3.8, 4) is 33.4 Å². The van der Waals surface area contributed by atoms with E-state index in [0.717, 1.165) is 60.9 Å². The molecule has 0 unspecified atom stereocenters. The van der Waals surface area contributed by atoms with Crippen LogP contribution in [0.4, 0.5) is 17.1 Å². The van der Waals surface area contributed by atoms with E-state index in [9.17, 15) is 0 Å². The van der Waals surface area contributed by atoms with Crippen molar-refractivity contribution in [3.63, 3.8) is 0 Å². The van der Waals surface area contributed by atoms with E-state index < -0.39 is 10.8 Å². The molecule has 4 aliphatic rings. The van der Waals surface area contributed by atoms with Crippen LogP contribution in [0.1, 0.15) is 44.5 Å². The quantitative estimate of drug-likeness (QED) is 0.177. The maximum absolute atomic E-state index is 7.18. The molecule has 0 radical (unpaired) electrons. The van der Waals surface area contributed by atoms with Crippen LogP contribution in [0.25, 0.3) is 77.3 Å². The lowest BCUT2D eigenvalue weighted by Crippen LogP contribution is -2.31. The average Bonchev–Trinajstić information content (AvgIpc) is 4.22. The van der Waals surface area contributed by atoms with Crippen molar-refractivity contribution in [3.05, 3.63) is 281 Å². The zero-order valence-corrected chi connectivity index (χ0v) is 39.5. The molecule has 0 amide bonds. The van der Waals surface area contributed by atoms with Gasteiger partial charge in [-0.15, -0.1) is 0 Å². The second-order valence-electron chi connectivity index (χ2n) is 19.8. The highest BCUT2D eigenvalue weighted by Gasteiger charge is 2.53. The maximum atomic E-state index is 7.18. The molecular weight excluding hydrogens is 895 g/mol. The molecule has 3 aliphatic carbocycles. The van der Waals surface area contributed by atoms with E-state index in [4.69, 9.17) is 8.83 Å². The van der Waals surface area contributed by atoms with Crippen molar-refractivity contribution in [2.24, 2.45) is 0 Å². The Morgan fingerprint density at radius 3 is 1.42 bits per heavy atom. The van der Waals surface area contributed by atoms with Crippen LogP contribution in [-0.2, 0) is 10.8 Å². The van der Waals surface area contributed by atoms with Crippen molar-refractivity contribution in [2.75, 3.05) is 4.90 Å². The molecule has 2 aromatic heterocycles. The molecule has 334 valence electrons. The molecule has 3 nitrogen and oxygen atoms in total. The summed E-state index contributed by atoms with van der Waals surface area (Å²) in [6, 6.07) is 87.7. The summed E-state index contributed by atoms with van der Waals surface area (Å²) in [4.78, 5) is 5.01. The van der Waals surface area contributed by atoms with E-state index in [1.54, 1.807) is 0 Å². The molecule has 3 heterocycles. The van der Waals surface area contributed by atoms with Gasteiger partial charge in [-0.3, -0.25) is 0 Å². The summed E-state index contributed by atoms with van der Waals surface area (Å²) in [6.07, 6.45) is 0. The highest BCUT2D eigenvalue weighted by Crippen LogP contribution is 2.65. The fourth-order valence-corrected chi connectivity index (χ4v) is 15.0. The number of anilines is 3. The van der Waals surface area contributed by atoms with E-state index in [2.05, 4.69) is 235 Å². The van der Waals surface area contributed by atoms with Gasteiger partial charge in [0.15, 0.2) is 0 Å². The van der Waals surface area contributed by atoms with Crippen molar-refractivity contribution in [2.45, 2.75) is 20.6 Å². The Hall–Kier alpha value is -8.83. The summed E-state index contributed by atoms with van der Waals surface area (Å²) in [5.74, 6) is 0. The lowest BCUT2D eigenvalue weighted by atomic mass is 9.67. The molecule has 0 saturated heterocycles.